The first-order chi connectivity index (χ1) is 8.69. The SMILES string of the molecule is O=Cc1cccc(OC(=O)c2cccc(Cl)c2)c1. The van der Waals surface area contributed by atoms with Crippen molar-refractivity contribution >= 4 is 23.9 Å². The summed E-state index contributed by atoms with van der Waals surface area (Å²) in [4.78, 5) is 22.4. The average molecular weight is 261 g/mol. The van der Waals surface area contributed by atoms with E-state index in [9.17, 15) is 9.59 Å². The molecule has 90 valence electrons. The maximum atomic E-state index is 11.8. The lowest BCUT2D eigenvalue weighted by Crippen LogP contribution is -2.08. The van der Waals surface area contributed by atoms with Crippen molar-refractivity contribution in [2.24, 2.45) is 0 Å². The van der Waals surface area contributed by atoms with Crippen molar-refractivity contribution in [2.75, 3.05) is 0 Å². The molecule has 0 unspecified atom stereocenters. The van der Waals surface area contributed by atoms with E-state index in [0.717, 1.165) is 0 Å². The standard InChI is InChI=1S/C14H9ClO3/c15-12-5-2-4-11(8-12)14(17)18-13-6-1-3-10(7-13)9-16/h1-9H. The van der Waals surface area contributed by atoms with Gasteiger partial charge in [-0.1, -0.05) is 29.8 Å². The van der Waals surface area contributed by atoms with E-state index < -0.39 is 5.97 Å². The van der Waals surface area contributed by atoms with Crippen LogP contribution in [0.1, 0.15) is 20.7 Å². The molecule has 18 heavy (non-hydrogen) atoms. The Hall–Kier alpha value is -2.13. The molecule has 0 spiro atoms. The van der Waals surface area contributed by atoms with Crippen LogP contribution in [0.25, 0.3) is 0 Å². The molecule has 4 heteroatoms. The lowest BCUT2D eigenvalue weighted by atomic mass is 10.2. The fourth-order valence-electron chi connectivity index (χ4n) is 1.43. The maximum absolute atomic E-state index is 11.8. The largest absolute Gasteiger partial charge is 0.423 e. The van der Waals surface area contributed by atoms with Gasteiger partial charge >= 0.3 is 5.97 Å². The number of aldehydes is 1. The Labute approximate surface area is 109 Å². The van der Waals surface area contributed by atoms with Crippen molar-refractivity contribution in [3.8, 4) is 5.75 Å². The molecule has 2 aromatic rings. The topological polar surface area (TPSA) is 43.4 Å². The molecule has 0 heterocycles. The zero-order valence-electron chi connectivity index (χ0n) is 9.30. The number of esters is 1. The van der Waals surface area contributed by atoms with Crippen molar-refractivity contribution in [1.29, 1.82) is 0 Å². The molecule has 0 aliphatic carbocycles. The van der Waals surface area contributed by atoms with Crippen LogP contribution in [0.2, 0.25) is 5.02 Å². The van der Waals surface area contributed by atoms with Crippen LogP contribution in [0.15, 0.2) is 48.5 Å². The molecule has 0 fully saturated rings. The monoisotopic (exact) mass is 260 g/mol. The van der Waals surface area contributed by atoms with Gasteiger partial charge in [0.05, 0.1) is 5.56 Å². The van der Waals surface area contributed by atoms with Gasteiger partial charge in [0.1, 0.15) is 12.0 Å². The van der Waals surface area contributed by atoms with Gasteiger partial charge in [-0.25, -0.2) is 4.79 Å². The van der Waals surface area contributed by atoms with E-state index in [-0.39, 0.29) is 0 Å². The Morgan fingerprint density at radius 1 is 1.11 bits per heavy atom. The zero-order chi connectivity index (χ0) is 13.0. The number of halogens is 1. The van der Waals surface area contributed by atoms with Gasteiger partial charge in [-0.3, -0.25) is 4.79 Å². The van der Waals surface area contributed by atoms with Gasteiger partial charge in [0.2, 0.25) is 0 Å². The van der Waals surface area contributed by atoms with Crippen LogP contribution in [0.5, 0.6) is 5.75 Å². The minimum Gasteiger partial charge on any atom is -0.423 e. The molecule has 0 aliphatic rings. The Balaban J connectivity index is 2.18. The van der Waals surface area contributed by atoms with Gasteiger partial charge in [0.25, 0.3) is 0 Å². The predicted octanol–water partition coefficient (Wildman–Crippen LogP) is 3.37. The van der Waals surface area contributed by atoms with Gasteiger partial charge in [-0.05, 0) is 30.3 Å². The van der Waals surface area contributed by atoms with Crippen LogP contribution in [0, 0.1) is 0 Å². The van der Waals surface area contributed by atoms with Crippen LogP contribution in [-0.4, -0.2) is 12.3 Å². The second-order valence-electron chi connectivity index (χ2n) is 3.59. The lowest BCUT2D eigenvalue weighted by molar-refractivity contribution is 0.0734. The normalized spacial score (nSPS) is 9.83. The smallest absolute Gasteiger partial charge is 0.343 e. The Bertz CT molecular complexity index is 593. The van der Waals surface area contributed by atoms with Gasteiger partial charge in [0.15, 0.2) is 0 Å². The number of carbonyl (C=O) groups excluding carboxylic acids is 2. The van der Waals surface area contributed by atoms with Crippen molar-refractivity contribution in [1.82, 2.24) is 0 Å². The van der Waals surface area contributed by atoms with Crippen molar-refractivity contribution in [3.05, 3.63) is 64.7 Å². The molecule has 2 aromatic carbocycles. The summed E-state index contributed by atoms with van der Waals surface area (Å²) in [5.41, 5.74) is 0.811. The minimum absolute atomic E-state index is 0.324. The fraction of sp³-hybridized carbons (Fsp3) is 0. The molecule has 0 radical (unpaired) electrons. The molecule has 0 amide bonds. The molecule has 0 aromatic heterocycles. The number of ether oxygens (including phenoxy) is 1. The van der Waals surface area contributed by atoms with Gasteiger partial charge < -0.3 is 4.74 Å². The molecule has 0 saturated carbocycles. The molecule has 0 bridgehead atoms. The van der Waals surface area contributed by atoms with E-state index in [1.54, 1.807) is 36.4 Å². The third-order valence-corrected chi connectivity index (χ3v) is 2.50. The predicted molar refractivity (Wildman–Crippen MR) is 68.2 cm³/mol. The summed E-state index contributed by atoms with van der Waals surface area (Å²) < 4.78 is 5.14. The maximum Gasteiger partial charge on any atom is 0.343 e. The van der Waals surface area contributed by atoms with Crippen molar-refractivity contribution in [2.45, 2.75) is 0 Å². The van der Waals surface area contributed by atoms with E-state index in [1.165, 1.54) is 12.1 Å². The fourth-order valence-corrected chi connectivity index (χ4v) is 1.62. The first-order valence-corrected chi connectivity index (χ1v) is 5.60. The molecule has 0 aliphatic heterocycles. The summed E-state index contributed by atoms with van der Waals surface area (Å²) in [6.07, 6.45) is 0.691. The van der Waals surface area contributed by atoms with Crippen molar-refractivity contribution in [3.63, 3.8) is 0 Å². The quantitative estimate of drug-likeness (QED) is 0.483. The van der Waals surface area contributed by atoms with Crippen LogP contribution < -0.4 is 4.74 Å². The van der Waals surface area contributed by atoms with Crippen LogP contribution in [0.3, 0.4) is 0 Å². The highest BCUT2D eigenvalue weighted by molar-refractivity contribution is 6.30. The second kappa shape index (κ2) is 5.47. The highest BCUT2D eigenvalue weighted by Gasteiger charge is 2.09. The first-order valence-electron chi connectivity index (χ1n) is 5.22. The van der Waals surface area contributed by atoms with E-state index in [4.69, 9.17) is 16.3 Å². The third kappa shape index (κ3) is 2.96. The van der Waals surface area contributed by atoms with Gasteiger partial charge in [-0.2, -0.15) is 0 Å². The van der Waals surface area contributed by atoms with Crippen LogP contribution in [0.4, 0.5) is 0 Å². The van der Waals surface area contributed by atoms with Gasteiger partial charge in [0, 0.05) is 10.6 Å². The highest BCUT2D eigenvalue weighted by Crippen LogP contribution is 2.16. The zero-order valence-corrected chi connectivity index (χ0v) is 10.1. The van der Waals surface area contributed by atoms with E-state index in [0.29, 0.717) is 28.2 Å². The number of hydrogen-bond acceptors (Lipinski definition) is 3. The summed E-state index contributed by atoms with van der Waals surface area (Å²) in [6.45, 7) is 0. The molecule has 2 rings (SSSR count). The number of rotatable bonds is 3. The minimum atomic E-state index is -0.513. The molecule has 0 saturated heterocycles. The number of benzene rings is 2. The van der Waals surface area contributed by atoms with E-state index in [2.05, 4.69) is 0 Å². The Morgan fingerprint density at radius 2 is 1.89 bits per heavy atom. The number of carbonyl (C=O) groups is 2. The summed E-state index contributed by atoms with van der Waals surface area (Å²) in [7, 11) is 0. The van der Waals surface area contributed by atoms with Crippen LogP contribution in [-0.2, 0) is 0 Å². The number of hydrogen-bond donors (Lipinski definition) is 0. The summed E-state index contributed by atoms with van der Waals surface area (Å²) in [5, 5.41) is 0.464. The highest BCUT2D eigenvalue weighted by atomic mass is 35.5. The summed E-state index contributed by atoms with van der Waals surface area (Å²) in [6, 6.07) is 12.8. The molecule has 0 N–H and O–H groups in total. The second-order valence-corrected chi connectivity index (χ2v) is 4.03. The van der Waals surface area contributed by atoms with Gasteiger partial charge in [-0.15, -0.1) is 0 Å². The molecule has 3 nitrogen and oxygen atoms in total. The molecule has 0 atom stereocenters. The Kier molecular flexibility index (Phi) is 3.75. The summed E-state index contributed by atoms with van der Waals surface area (Å²) in [5.74, 6) is -0.190. The molecular formula is C14H9ClO3. The summed E-state index contributed by atoms with van der Waals surface area (Å²) >= 11 is 5.79. The van der Waals surface area contributed by atoms with Crippen molar-refractivity contribution < 1.29 is 14.3 Å². The Morgan fingerprint density at radius 3 is 2.61 bits per heavy atom. The third-order valence-electron chi connectivity index (χ3n) is 2.27. The van der Waals surface area contributed by atoms with E-state index in [1.807, 2.05) is 0 Å². The first kappa shape index (κ1) is 12.3. The lowest BCUT2D eigenvalue weighted by Gasteiger charge is -2.04. The molecular weight excluding hydrogens is 252 g/mol. The van der Waals surface area contributed by atoms with Crippen LogP contribution >= 0.6 is 11.6 Å². The van der Waals surface area contributed by atoms with E-state index >= 15 is 0 Å². The average Bonchev–Trinajstić information content (AvgIpc) is 2.39.